The fraction of sp³-hybridized carbons (Fsp3) is 0.160. The zero-order chi connectivity index (χ0) is 21.4. The van der Waals surface area contributed by atoms with Crippen LogP contribution >= 0.6 is 11.6 Å². The van der Waals surface area contributed by atoms with E-state index >= 15 is 0 Å². The molecule has 31 heavy (non-hydrogen) atoms. The maximum Gasteiger partial charge on any atom is 0.231 e. The summed E-state index contributed by atoms with van der Waals surface area (Å²) in [7, 11) is 0. The number of allylic oxidation sites excluding steroid dienone is 1. The lowest BCUT2D eigenvalue weighted by Crippen LogP contribution is -2.12. The summed E-state index contributed by atoms with van der Waals surface area (Å²) in [6, 6.07) is 16.8. The van der Waals surface area contributed by atoms with Crippen molar-refractivity contribution in [2.45, 2.75) is 20.1 Å². The molecule has 0 aliphatic carbocycles. The molecular weight excluding hydrogens is 416 g/mol. The Balaban J connectivity index is 1.39. The molecule has 0 bridgehead atoms. The molecule has 0 amide bonds. The quantitative estimate of drug-likeness (QED) is 0.492. The van der Waals surface area contributed by atoms with Gasteiger partial charge in [0.05, 0.1) is 12.2 Å². The average Bonchev–Trinajstić information content (AvgIpc) is 3.07. The molecule has 156 valence electrons. The molecule has 0 fully saturated rings. The molecule has 0 unspecified atom stereocenters. The highest BCUT2D eigenvalue weighted by molar-refractivity contribution is 6.31. The number of benzene rings is 3. The fourth-order valence-electron chi connectivity index (χ4n) is 3.65. The number of ether oxygens (including phenoxy) is 4. The zero-order valence-corrected chi connectivity index (χ0v) is 17.6. The van der Waals surface area contributed by atoms with Gasteiger partial charge < -0.3 is 18.9 Å². The lowest BCUT2D eigenvalue weighted by molar-refractivity contribution is -0.0165. The summed E-state index contributed by atoms with van der Waals surface area (Å²) < 4.78 is 22.7. The number of carbonyl (C=O) groups is 1. The van der Waals surface area contributed by atoms with Gasteiger partial charge in [0.25, 0.3) is 0 Å². The fourth-order valence-corrected chi connectivity index (χ4v) is 3.90. The Kier molecular flexibility index (Phi) is 5.14. The van der Waals surface area contributed by atoms with Crippen LogP contribution in [-0.2, 0) is 18.0 Å². The lowest BCUT2D eigenvalue weighted by Gasteiger charge is -2.20. The Morgan fingerprint density at radius 2 is 2.00 bits per heavy atom. The molecule has 0 radical (unpaired) electrons. The van der Waals surface area contributed by atoms with Gasteiger partial charge >= 0.3 is 0 Å². The van der Waals surface area contributed by atoms with E-state index in [9.17, 15) is 4.79 Å². The largest absolute Gasteiger partial charge is 0.489 e. The number of halogens is 1. The molecule has 0 saturated heterocycles. The Morgan fingerprint density at radius 1 is 1.13 bits per heavy atom. The summed E-state index contributed by atoms with van der Waals surface area (Å²) >= 11 is 6.23. The van der Waals surface area contributed by atoms with Crippen molar-refractivity contribution in [2.75, 3.05) is 6.79 Å². The molecule has 0 saturated carbocycles. The van der Waals surface area contributed by atoms with Crippen molar-refractivity contribution in [2.24, 2.45) is 0 Å². The first-order valence-electron chi connectivity index (χ1n) is 9.87. The van der Waals surface area contributed by atoms with Crippen LogP contribution in [0.5, 0.6) is 17.2 Å². The van der Waals surface area contributed by atoms with Crippen molar-refractivity contribution in [1.29, 1.82) is 0 Å². The van der Waals surface area contributed by atoms with Crippen LogP contribution in [0.25, 0.3) is 6.08 Å². The zero-order valence-electron chi connectivity index (χ0n) is 16.8. The molecule has 5 rings (SSSR count). The third kappa shape index (κ3) is 3.90. The van der Waals surface area contributed by atoms with Crippen LogP contribution in [0.1, 0.15) is 32.6 Å². The van der Waals surface area contributed by atoms with E-state index in [1.807, 2.05) is 31.2 Å². The number of fused-ring (bicyclic) bond motifs is 2. The monoisotopic (exact) mass is 434 g/mol. The molecule has 6 heteroatoms. The van der Waals surface area contributed by atoms with Crippen LogP contribution < -0.4 is 14.2 Å². The molecule has 2 aliphatic heterocycles. The van der Waals surface area contributed by atoms with Gasteiger partial charge in [0.2, 0.25) is 5.78 Å². The molecule has 0 aromatic heterocycles. The van der Waals surface area contributed by atoms with E-state index in [2.05, 4.69) is 0 Å². The van der Waals surface area contributed by atoms with Gasteiger partial charge in [0, 0.05) is 22.2 Å². The number of rotatable bonds is 4. The number of carbonyl (C=O) groups excluding carboxylic acids is 1. The van der Waals surface area contributed by atoms with Gasteiger partial charge in [-0.05, 0) is 48.4 Å². The number of ketones is 1. The van der Waals surface area contributed by atoms with Crippen LogP contribution in [-0.4, -0.2) is 12.6 Å². The minimum atomic E-state index is -0.193. The number of Topliss-reactive ketones (excluding diaryl/α,β-unsaturated/α-hetero) is 1. The van der Waals surface area contributed by atoms with Gasteiger partial charge in [-0.2, -0.15) is 0 Å². The predicted molar refractivity (Wildman–Crippen MR) is 117 cm³/mol. The molecule has 2 heterocycles. The van der Waals surface area contributed by atoms with E-state index in [0.717, 1.165) is 16.7 Å². The minimum Gasteiger partial charge on any atom is -0.489 e. The van der Waals surface area contributed by atoms with Crippen molar-refractivity contribution in [1.82, 2.24) is 0 Å². The minimum absolute atomic E-state index is 0.154. The maximum absolute atomic E-state index is 12.9. The van der Waals surface area contributed by atoms with Gasteiger partial charge in [-0.15, -0.1) is 0 Å². The van der Waals surface area contributed by atoms with Crippen molar-refractivity contribution in [3.05, 3.63) is 93.2 Å². The molecule has 0 atom stereocenters. The maximum atomic E-state index is 12.9. The van der Waals surface area contributed by atoms with Gasteiger partial charge in [-0.25, -0.2) is 0 Å². The second kappa shape index (κ2) is 8.10. The second-order valence-corrected chi connectivity index (χ2v) is 7.84. The van der Waals surface area contributed by atoms with Gasteiger partial charge in [0.15, 0.2) is 12.6 Å². The lowest BCUT2D eigenvalue weighted by atomic mass is 10.1. The van der Waals surface area contributed by atoms with Crippen LogP contribution in [0.15, 0.2) is 60.4 Å². The van der Waals surface area contributed by atoms with Crippen molar-refractivity contribution < 1.29 is 23.7 Å². The molecule has 0 N–H and O–H groups in total. The van der Waals surface area contributed by atoms with Crippen LogP contribution in [0.3, 0.4) is 0 Å². The van der Waals surface area contributed by atoms with Crippen molar-refractivity contribution in [3.63, 3.8) is 0 Å². The standard InChI is InChI=1S/C25H19ClO5/c1-15-4-2-3-5-16(15)13-29-20-6-7-21-22(11-20)31-23(24(21)27)10-17-8-19(26)9-18-12-28-14-30-25(17)18/h2-11H,12-14H2,1H3. The van der Waals surface area contributed by atoms with Crippen molar-refractivity contribution >= 4 is 23.5 Å². The first-order chi connectivity index (χ1) is 15.1. The summed E-state index contributed by atoms with van der Waals surface area (Å²) in [4.78, 5) is 12.9. The van der Waals surface area contributed by atoms with E-state index in [4.69, 9.17) is 30.5 Å². The SMILES string of the molecule is Cc1ccccc1COc1ccc2c(c1)OC(=Cc1cc(Cl)cc3c1OCOC3)C2=O. The van der Waals surface area contributed by atoms with Crippen LogP contribution in [0.2, 0.25) is 5.02 Å². The van der Waals surface area contributed by atoms with Crippen molar-refractivity contribution in [3.8, 4) is 17.2 Å². The van der Waals surface area contributed by atoms with Gasteiger partial charge in [0.1, 0.15) is 23.9 Å². The number of hydrogen-bond acceptors (Lipinski definition) is 5. The number of hydrogen-bond donors (Lipinski definition) is 0. The van der Waals surface area contributed by atoms with E-state index in [0.29, 0.717) is 46.6 Å². The number of aryl methyl sites for hydroxylation is 1. The Hall–Kier alpha value is -3.28. The topological polar surface area (TPSA) is 54.0 Å². The van der Waals surface area contributed by atoms with E-state index in [-0.39, 0.29) is 18.3 Å². The molecule has 5 nitrogen and oxygen atoms in total. The summed E-state index contributed by atoms with van der Waals surface area (Å²) in [5, 5.41) is 0.537. The van der Waals surface area contributed by atoms with Gasteiger partial charge in [-0.3, -0.25) is 4.79 Å². The molecular formula is C25H19ClO5. The molecule has 0 spiro atoms. The first-order valence-corrected chi connectivity index (χ1v) is 10.2. The Morgan fingerprint density at radius 3 is 2.87 bits per heavy atom. The van der Waals surface area contributed by atoms with E-state index in [1.165, 1.54) is 0 Å². The molecule has 3 aromatic rings. The summed E-state index contributed by atoms with van der Waals surface area (Å²) in [6.45, 7) is 3.05. The smallest absolute Gasteiger partial charge is 0.231 e. The highest BCUT2D eigenvalue weighted by atomic mass is 35.5. The molecule has 3 aromatic carbocycles. The van der Waals surface area contributed by atoms with Crippen LogP contribution in [0.4, 0.5) is 0 Å². The van der Waals surface area contributed by atoms with Crippen LogP contribution in [0, 0.1) is 6.92 Å². The molecule has 2 aliphatic rings. The third-order valence-electron chi connectivity index (χ3n) is 5.29. The van der Waals surface area contributed by atoms with E-state index < -0.39 is 0 Å². The summed E-state index contributed by atoms with van der Waals surface area (Å²) in [6.07, 6.45) is 1.66. The highest BCUT2D eigenvalue weighted by Gasteiger charge is 2.28. The average molecular weight is 435 g/mol. The third-order valence-corrected chi connectivity index (χ3v) is 5.51. The Bertz CT molecular complexity index is 1210. The van der Waals surface area contributed by atoms with E-state index in [1.54, 1.807) is 36.4 Å². The first kappa shape index (κ1) is 19.7. The summed E-state index contributed by atoms with van der Waals surface area (Å²) in [5.41, 5.74) is 4.28. The summed E-state index contributed by atoms with van der Waals surface area (Å²) in [5.74, 6) is 1.78. The second-order valence-electron chi connectivity index (χ2n) is 7.41. The normalized spacial score (nSPS) is 15.8. The van der Waals surface area contributed by atoms with Gasteiger partial charge in [-0.1, -0.05) is 35.9 Å². The highest BCUT2D eigenvalue weighted by Crippen LogP contribution is 2.38. The predicted octanol–water partition coefficient (Wildman–Crippen LogP) is 5.71. The Labute approximate surface area is 184 Å².